The Kier molecular flexibility index (Phi) is 1.75. The van der Waals surface area contributed by atoms with Gasteiger partial charge < -0.3 is 4.74 Å². The number of cyclic esters (lactones) is 2. The summed E-state index contributed by atoms with van der Waals surface area (Å²) in [4.78, 5) is 34.8. The summed E-state index contributed by atoms with van der Waals surface area (Å²) in [5.74, 6) is -1.53. The second-order valence-corrected chi connectivity index (χ2v) is 4.74. The van der Waals surface area contributed by atoms with Crippen LogP contribution in [0.25, 0.3) is 0 Å². The molecule has 0 N–H and O–H groups in total. The zero-order valence-corrected chi connectivity index (χ0v) is 8.27. The number of fused-ring (bicyclic) bond motifs is 3. The summed E-state index contributed by atoms with van der Waals surface area (Å²) in [5, 5.41) is 0. The van der Waals surface area contributed by atoms with Crippen LogP contribution in [0.15, 0.2) is 0 Å². The molecule has 80 valence electrons. The summed E-state index contributed by atoms with van der Waals surface area (Å²) in [6.07, 6.45) is 2.93. The van der Waals surface area contributed by atoms with Crippen LogP contribution in [0.1, 0.15) is 25.7 Å². The normalized spacial score (nSPS) is 43.9. The average Bonchev–Trinajstić information content (AvgIpc) is 2.39. The van der Waals surface area contributed by atoms with Gasteiger partial charge in [0.2, 0.25) is 0 Å². The molecular formula is C11H12O4. The molecule has 15 heavy (non-hydrogen) atoms. The molecule has 2 bridgehead atoms. The summed E-state index contributed by atoms with van der Waals surface area (Å²) >= 11 is 0. The standard InChI is InChI=1S/C11H12O4/c12-7-4-2-5-1-3-6(7)9-8(5)10(13)15-11(9)14/h5-6,8-9H,1-4H2/t5-,6-,8+,9+/m0/s1. The molecule has 4 heteroatoms. The van der Waals surface area contributed by atoms with E-state index in [0.717, 1.165) is 19.3 Å². The minimum absolute atomic E-state index is 0.150. The first-order chi connectivity index (χ1) is 7.18. The van der Waals surface area contributed by atoms with Gasteiger partial charge >= 0.3 is 11.9 Å². The zero-order valence-electron chi connectivity index (χ0n) is 8.27. The highest BCUT2D eigenvalue weighted by molar-refractivity contribution is 6.00. The van der Waals surface area contributed by atoms with Gasteiger partial charge in [0.05, 0.1) is 11.8 Å². The maximum atomic E-state index is 11.7. The molecule has 0 amide bonds. The van der Waals surface area contributed by atoms with E-state index in [2.05, 4.69) is 4.74 Å². The van der Waals surface area contributed by atoms with E-state index < -0.39 is 17.9 Å². The van der Waals surface area contributed by atoms with Gasteiger partial charge in [-0.25, -0.2) is 0 Å². The largest absolute Gasteiger partial charge is 0.393 e. The second kappa shape index (κ2) is 2.90. The van der Waals surface area contributed by atoms with E-state index in [-0.39, 0.29) is 23.5 Å². The van der Waals surface area contributed by atoms with E-state index in [4.69, 9.17) is 0 Å². The van der Waals surface area contributed by atoms with Gasteiger partial charge in [0.1, 0.15) is 5.78 Å². The van der Waals surface area contributed by atoms with E-state index in [1.54, 1.807) is 0 Å². The summed E-state index contributed by atoms with van der Waals surface area (Å²) in [7, 11) is 0. The molecule has 3 aliphatic carbocycles. The van der Waals surface area contributed by atoms with Crippen LogP contribution in [-0.4, -0.2) is 17.7 Å². The van der Waals surface area contributed by atoms with Crippen molar-refractivity contribution in [2.75, 3.05) is 0 Å². The lowest BCUT2D eigenvalue weighted by Gasteiger charge is -2.30. The maximum Gasteiger partial charge on any atom is 0.318 e. The molecular weight excluding hydrogens is 196 g/mol. The second-order valence-electron chi connectivity index (χ2n) is 4.74. The molecule has 4 nitrogen and oxygen atoms in total. The highest BCUT2D eigenvalue weighted by Crippen LogP contribution is 2.49. The Morgan fingerprint density at radius 3 is 2.47 bits per heavy atom. The molecule has 0 aromatic carbocycles. The Bertz CT molecular complexity index is 360. The van der Waals surface area contributed by atoms with E-state index in [0.29, 0.717) is 6.42 Å². The number of ether oxygens (including phenoxy) is 1. The molecule has 3 saturated carbocycles. The number of esters is 2. The Morgan fingerprint density at radius 1 is 0.933 bits per heavy atom. The molecule has 1 heterocycles. The van der Waals surface area contributed by atoms with Gasteiger partial charge in [-0.1, -0.05) is 0 Å². The van der Waals surface area contributed by atoms with E-state index in [9.17, 15) is 14.4 Å². The number of hydrogen-bond acceptors (Lipinski definition) is 4. The number of ketones is 1. The molecule has 4 aliphatic rings. The molecule has 0 aromatic heterocycles. The van der Waals surface area contributed by atoms with Crippen LogP contribution >= 0.6 is 0 Å². The predicted octanol–water partition coefficient (Wildman–Crippen LogP) is 0.691. The van der Waals surface area contributed by atoms with Gasteiger partial charge in [-0.2, -0.15) is 0 Å². The van der Waals surface area contributed by atoms with Crippen molar-refractivity contribution in [1.82, 2.24) is 0 Å². The quantitative estimate of drug-likeness (QED) is 0.434. The fourth-order valence-electron chi connectivity index (χ4n) is 3.38. The number of carbonyl (C=O) groups is 3. The lowest BCUT2D eigenvalue weighted by atomic mass is 9.69. The molecule has 0 unspecified atom stereocenters. The lowest BCUT2D eigenvalue weighted by molar-refractivity contribution is -0.155. The first-order valence-corrected chi connectivity index (χ1v) is 5.46. The number of hydrogen-bond donors (Lipinski definition) is 0. The molecule has 0 aromatic rings. The van der Waals surface area contributed by atoms with E-state index >= 15 is 0 Å². The van der Waals surface area contributed by atoms with Gasteiger partial charge in [0, 0.05) is 12.3 Å². The molecule has 0 radical (unpaired) electrons. The highest BCUT2D eigenvalue weighted by Gasteiger charge is 2.57. The summed E-state index contributed by atoms with van der Waals surface area (Å²) in [6.45, 7) is 0. The van der Waals surface area contributed by atoms with Crippen molar-refractivity contribution in [3.8, 4) is 0 Å². The number of carbonyl (C=O) groups excluding carboxylic acids is 3. The molecule has 4 atom stereocenters. The van der Waals surface area contributed by atoms with Crippen molar-refractivity contribution in [2.45, 2.75) is 25.7 Å². The summed E-state index contributed by atoms with van der Waals surface area (Å²) in [5.41, 5.74) is 0. The monoisotopic (exact) mass is 208 g/mol. The van der Waals surface area contributed by atoms with Crippen molar-refractivity contribution in [1.29, 1.82) is 0 Å². The SMILES string of the molecule is O=C1OC(=O)[C@H]2[C@H]1[C@@H]1CCC(=O)[C@@H]2CC1. The molecule has 4 rings (SSSR count). The van der Waals surface area contributed by atoms with Gasteiger partial charge in [-0.3, -0.25) is 14.4 Å². The van der Waals surface area contributed by atoms with Crippen molar-refractivity contribution < 1.29 is 19.1 Å². The molecule has 1 saturated heterocycles. The zero-order chi connectivity index (χ0) is 10.6. The first-order valence-electron chi connectivity index (χ1n) is 5.46. The van der Waals surface area contributed by atoms with Crippen molar-refractivity contribution in [2.24, 2.45) is 23.7 Å². The van der Waals surface area contributed by atoms with Crippen LogP contribution in [0.2, 0.25) is 0 Å². The minimum atomic E-state index is -0.463. The third kappa shape index (κ3) is 1.10. The highest BCUT2D eigenvalue weighted by atomic mass is 16.6. The Labute approximate surface area is 87.0 Å². The molecule has 1 aliphatic heterocycles. The lowest BCUT2D eigenvalue weighted by Crippen LogP contribution is -2.36. The smallest absolute Gasteiger partial charge is 0.318 e. The van der Waals surface area contributed by atoms with Crippen LogP contribution in [0.4, 0.5) is 0 Å². The fourth-order valence-corrected chi connectivity index (χ4v) is 3.38. The van der Waals surface area contributed by atoms with Crippen LogP contribution in [-0.2, 0) is 19.1 Å². The first kappa shape index (κ1) is 9.07. The number of rotatable bonds is 0. The van der Waals surface area contributed by atoms with E-state index in [1.807, 2.05) is 0 Å². The third-order valence-electron chi connectivity index (χ3n) is 4.10. The molecule has 4 fully saturated rings. The van der Waals surface area contributed by atoms with Crippen LogP contribution in [0, 0.1) is 23.7 Å². The minimum Gasteiger partial charge on any atom is -0.393 e. The third-order valence-corrected chi connectivity index (χ3v) is 4.10. The maximum absolute atomic E-state index is 11.7. The Morgan fingerprint density at radius 2 is 1.67 bits per heavy atom. The van der Waals surface area contributed by atoms with Crippen molar-refractivity contribution in [3.05, 3.63) is 0 Å². The fraction of sp³-hybridized carbons (Fsp3) is 0.727. The Hall–Kier alpha value is -1.19. The van der Waals surface area contributed by atoms with E-state index in [1.165, 1.54) is 0 Å². The van der Waals surface area contributed by atoms with Crippen LogP contribution in [0.5, 0.6) is 0 Å². The van der Waals surface area contributed by atoms with Crippen molar-refractivity contribution >= 4 is 17.7 Å². The topological polar surface area (TPSA) is 60.4 Å². The average molecular weight is 208 g/mol. The molecule has 0 spiro atoms. The van der Waals surface area contributed by atoms with Gasteiger partial charge in [-0.05, 0) is 25.2 Å². The van der Waals surface area contributed by atoms with Gasteiger partial charge in [-0.15, -0.1) is 0 Å². The number of Topliss-reactive ketones (excluding diaryl/α,β-unsaturated/α-hetero) is 1. The predicted molar refractivity (Wildman–Crippen MR) is 48.5 cm³/mol. The van der Waals surface area contributed by atoms with Crippen LogP contribution in [0.3, 0.4) is 0 Å². The van der Waals surface area contributed by atoms with Gasteiger partial charge in [0.25, 0.3) is 0 Å². The Balaban J connectivity index is 2.05. The summed E-state index contributed by atoms with van der Waals surface area (Å²) in [6, 6.07) is 0. The van der Waals surface area contributed by atoms with Crippen molar-refractivity contribution in [3.63, 3.8) is 0 Å². The van der Waals surface area contributed by atoms with Gasteiger partial charge in [0.15, 0.2) is 0 Å². The summed E-state index contributed by atoms with van der Waals surface area (Å²) < 4.78 is 4.66. The van der Waals surface area contributed by atoms with Crippen LogP contribution < -0.4 is 0 Å².